The number of morpholine rings is 1. The maximum atomic E-state index is 12.1. The normalized spacial score (nSPS) is 15.9. The van der Waals surface area contributed by atoms with E-state index in [9.17, 15) is 4.79 Å². The van der Waals surface area contributed by atoms with Gasteiger partial charge in [0.25, 0.3) is 0 Å². The maximum Gasteiger partial charge on any atom is 0.322 e. The van der Waals surface area contributed by atoms with Gasteiger partial charge in [0.1, 0.15) is 0 Å². The van der Waals surface area contributed by atoms with Gasteiger partial charge in [0.15, 0.2) is 0 Å². The predicted octanol–water partition coefficient (Wildman–Crippen LogP) is 2.03. The second kappa shape index (κ2) is 4.70. The van der Waals surface area contributed by atoms with Gasteiger partial charge in [-0.1, -0.05) is 6.07 Å². The molecule has 1 aliphatic heterocycles. The molecule has 0 radical (unpaired) electrons. The van der Waals surface area contributed by atoms with Crippen LogP contribution in [0.5, 0.6) is 0 Å². The number of aromatic amines is 1. The van der Waals surface area contributed by atoms with Crippen molar-refractivity contribution in [3.8, 4) is 0 Å². The Labute approximate surface area is 105 Å². The van der Waals surface area contributed by atoms with E-state index < -0.39 is 0 Å². The molecule has 5 nitrogen and oxygen atoms in total. The summed E-state index contributed by atoms with van der Waals surface area (Å²) in [6, 6.07) is 7.72. The van der Waals surface area contributed by atoms with Crippen molar-refractivity contribution in [2.45, 2.75) is 0 Å². The summed E-state index contributed by atoms with van der Waals surface area (Å²) in [6.45, 7) is 2.52. The Hall–Kier alpha value is -2.01. The Morgan fingerprint density at radius 1 is 1.28 bits per heavy atom. The molecule has 0 unspecified atom stereocenters. The molecule has 0 saturated carbocycles. The van der Waals surface area contributed by atoms with Crippen LogP contribution < -0.4 is 5.32 Å². The standard InChI is InChI=1S/C13H15N3O2/c17-13(16-6-8-18-9-7-16)15-12-3-1-2-11-10(12)4-5-14-11/h1-5,14H,6-9H2,(H,15,17). The lowest BCUT2D eigenvalue weighted by atomic mass is 10.2. The minimum Gasteiger partial charge on any atom is -0.378 e. The number of H-pyrrole nitrogens is 1. The van der Waals surface area contributed by atoms with E-state index in [-0.39, 0.29) is 6.03 Å². The first-order valence-corrected chi connectivity index (χ1v) is 6.04. The Kier molecular flexibility index (Phi) is 2.90. The molecule has 0 atom stereocenters. The molecular formula is C13H15N3O2. The van der Waals surface area contributed by atoms with Crippen LogP contribution >= 0.6 is 0 Å². The van der Waals surface area contributed by atoms with Crippen LogP contribution in [0.15, 0.2) is 30.5 Å². The van der Waals surface area contributed by atoms with Crippen molar-refractivity contribution < 1.29 is 9.53 Å². The lowest BCUT2D eigenvalue weighted by Gasteiger charge is -2.27. The summed E-state index contributed by atoms with van der Waals surface area (Å²) in [4.78, 5) is 17.0. The lowest BCUT2D eigenvalue weighted by molar-refractivity contribution is 0.0565. The number of carbonyl (C=O) groups is 1. The SMILES string of the molecule is O=C(Nc1cccc2[nH]ccc12)N1CCOCC1. The third-order valence-electron chi connectivity index (χ3n) is 3.13. The number of benzene rings is 1. The number of hydrogen-bond acceptors (Lipinski definition) is 2. The van der Waals surface area contributed by atoms with Crippen LogP contribution in [0.3, 0.4) is 0 Å². The third kappa shape index (κ3) is 2.04. The average molecular weight is 245 g/mol. The van der Waals surface area contributed by atoms with Crippen LogP contribution in [0.4, 0.5) is 10.5 Å². The highest BCUT2D eigenvalue weighted by Gasteiger charge is 2.17. The molecule has 1 aromatic carbocycles. The van der Waals surface area contributed by atoms with Crippen molar-refractivity contribution >= 4 is 22.6 Å². The quantitative estimate of drug-likeness (QED) is 0.807. The first kappa shape index (κ1) is 11.1. The molecule has 2 heterocycles. The number of amides is 2. The number of hydrogen-bond donors (Lipinski definition) is 2. The van der Waals surface area contributed by atoms with Crippen LogP contribution in [0.25, 0.3) is 10.9 Å². The average Bonchev–Trinajstić information content (AvgIpc) is 2.89. The molecule has 2 aromatic rings. The first-order valence-electron chi connectivity index (χ1n) is 6.04. The fraction of sp³-hybridized carbons (Fsp3) is 0.308. The number of anilines is 1. The summed E-state index contributed by atoms with van der Waals surface area (Å²) in [5.41, 5.74) is 1.86. The summed E-state index contributed by atoms with van der Waals surface area (Å²) >= 11 is 0. The van der Waals surface area contributed by atoms with Gasteiger partial charge in [0.05, 0.1) is 18.9 Å². The van der Waals surface area contributed by atoms with E-state index in [1.165, 1.54) is 0 Å². The molecule has 0 bridgehead atoms. The predicted molar refractivity (Wildman–Crippen MR) is 69.7 cm³/mol. The Bertz CT molecular complexity index is 558. The van der Waals surface area contributed by atoms with Crippen LogP contribution in [-0.2, 0) is 4.74 Å². The number of nitrogens with one attached hydrogen (secondary N) is 2. The summed E-state index contributed by atoms with van der Waals surface area (Å²) in [7, 11) is 0. The molecule has 5 heteroatoms. The van der Waals surface area contributed by atoms with Crippen LogP contribution in [0.1, 0.15) is 0 Å². The highest BCUT2D eigenvalue weighted by atomic mass is 16.5. The molecule has 0 aliphatic carbocycles. The molecule has 1 fully saturated rings. The van der Waals surface area contributed by atoms with Gasteiger partial charge in [-0.25, -0.2) is 4.79 Å². The monoisotopic (exact) mass is 245 g/mol. The largest absolute Gasteiger partial charge is 0.378 e. The molecule has 1 aliphatic rings. The molecule has 1 saturated heterocycles. The number of rotatable bonds is 1. The fourth-order valence-corrected chi connectivity index (χ4v) is 2.16. The summed E-state index contributed by atoms with van der Waals surface area (Å²) in [5, 5.41) is 3.98. The Morgan fingerprint density at radius 3 is 2.94 bits per heavy atom. The Balaban J connectivity index is 1.79. The third-order valence-corrected chi connectivity index (χ3v) is 3.13. The summed E-state index contributed by atoms with van der Waals surface area (Å²) in [6.07, 6.45) is 1.87. The number of fused-ring (bicyclic) bond motifs is 1. The minimum atomic E-state index is -0.0630. The summed E-state index contributed by atoms with van der Waals surface area (Å²) in [5.74, 6) is 0. The van der Waals surface area contributed by atoms with Crippen molar-refractivity contribution in [3.63, 3.8) is 0 Å². The molecule has 0 spiro atoms. The molecule has 2 N–H and O–H groups in total. The van der Waals surface area contributed by atoms with Gasteiger partial charge in [-0.2, -0.15) is 0 Å². The van der Waals surface area contributed by atoms with E-state index in [1.54, 1.807) is 4.90 Å². The van der Waals surface area contributed by atoms with Crippen LogP contribution in [0, 0.1) is 0 Å². The molecule has 3 rings (SSSR count). The van der Waals surface area contributed by atoms with Crippen molar-refractivity contribution in [2.75, 3.05) is 31.6 Å². The second-order valence-electron chi connectivity index (χ2n) is 4.27. The number of urea groups is 1. The smallest absolute Gasteiger partial charge is 0.322 e. The molecular weight excluding hydrogens is 230 g/mol. The van der Waals surface area contributed by atoms with Crippen molar-refractivity contribution in [1.29, 1.82) is 0 Å². The van der Waals surface area contributed by atoms with E-state index in [2.05, 4.69) is 10.3 Å². The summed E-state index contributed by atoms with van der Waals surface area (Å²) < 4.78 is 5.23. The number of ether oxygens (including phenoxy) is 1. The Morgan fingerprint density at radius 2 is 2.11 bits per heavy atom. The van der Waals surface area contributed by atoms with Gasteiger partial charge in [-0.3, -0.25) is 0 Å². The highest BCUT2D eigenvalue weighted by molar-refractivity contribution is 6.00. The zero-order valence-electron chi connectivity index (χ0n) is 9.98. The van der Waals surface area contributed by atoms with Gasteiger partial charge in [-0.05, 0) is 18.2 Å². The van der Waals surface area contributed by atoms with E-state index in [0.717, 1.165) is 16.6 Å². The van der Waals surface area contributed by atoms with Gasteiger partial charge in [0, 0.05) is 30.2 Å². The van der Waals surface area contributed by atoms with Gasteiger partial charge < -0.3 is 19.9 Å². The van der Waals surface area contributed by atoms with Gasteiger partial charge in [-0.15, -0.1) is 0 Å². The van der Waals surface area contributed by atoms with Crippen LogP contribution in [-0.4, -0.2) is 42.2 Å². The topological polar surface area (TPSA) is 57.4 Å². The lowest BCUT2D eigenvalue weighted by Crippen LogP contribution is -2.43. The van der Waals surface area contributed by atoms with Gasteiger partial charge >= 0.3 is 6.03 Å². The molecule has 18 heavy (non-hydrogen) atoms. The van der Waals surface area contributed by atoms with Crippen molar-refractivity contribution in [3.05, 3.63) is 30.5 Å². The van der Waals surface area contributed by atoms with Gasteiger partial charge in [0.2, 0.25) is 0 Å². The van der Waals surface area contributed by atoms with E-state index >= 15 is 0 Å². The van der Waals surface area contributed by atoms with E-state index in [1.807, 2.05) is 30.5 Å². The van der Waals surface area contributed by atoms with Crippen LogP contribution in [0.2, 0.25) is 0 Å². The first-order chi connectivity index (χ1) is 8.84. The van der Waals surface area contributed by atoms with Crippen molar-refractivity contribution in [2.24, 2.45) is 0 Å². The zero-order valence-corrected chi connectivity index (χ0v) is 9.98. The molecule has 1 aromatic heterocycles. The molecule has 94 valence electrons. The number of carbonyl (C=O) groups excluding carboxylic acids is 1. The highest BCUT2D eigenvalue weighted by Crippen LogP contribution is 2.22. The fourth-order valence-electron chi connectivity index (χ4n) is 2.16. The molecule has 2 amide bonds. The zero-order chi connectivity index (χ0) is 12.4. The maximum absolute atomic E-state index is 12.1. The van der Waals surface area contributed by atoms with E-state index in [4.69, 9.17) is 4.74 Å². The number of aromatic nitrogens is 1. The number of nitrogens with zero attached hydrogens (tertiary/aromatic N) is 1. The van der Waals surface area contributed by atoms with Crippen molar-refractivity contribution in [1.82, 2.24) is 9.88 Å². The minimum absolute atomic E-state index is 0.0630. The van der Waals surface area contributed by atoms with E-state index in [0.29, 0.717) is 26.3 Å². The second-order valence-corrected chi connectivity index (χ2v) is 4.27.